The van der Waals surface area contributed by atoms with Crippen molar-refractivity contribution < 1.29 is 4.79 Å². The lowest BCUT2D eigenvalue weighted by Gasteiger charge is -2.21. The summed E-state index contributed by atoms with van der Waals surface area (Å²) in [6.07, 6.45) is 4.60. The summed E-state index contributed by atoms with van der Waals surface area (Å²) < 4.78 is 2.04. The predicted octanol–water partition coefficient (Wildman–Crippen LogP) is 1.38. The number of rotatable bonds is 1. The Hall–Kier alpha value is -1.12. The maximum Gasteiger partial charge on any atom is 0.168 e. The molecule has 1 aromatic rings. The Morgan fingerprint density at radius 2 is 2.42 bits per heavy atom. The Balaban J connectivity index is 2.60. The molecular formula is C9H12N2O. The Morgan fingerprint density at radius 1 is 1.67 bits per heavy atom. The van der Waals surface area contributed by atoms with Crippen molar-refractivity contribution >= 4 is 6.29 Å². The van der Waals surface area contributed by atoms with E-state index in [-0.39, 0.29) is 5.54 Å². The Kier molecular flexibility index (Phi) is 1.37. The first-order valence-corrected chi connectivity index (χ1v) is 4.17. The highest BCUT2D eigenvalue weighted by atomic mass is 16.1. The lowest BCUT2D eigenvalue weighted by Crippen LogP contribution is -2.23. The van der Waals surface area contributed by atoms with Gasteiger partial charge in [0.1, 0.15) is 11.5 Å². The zero-order valence-electron chi connectivity index (χ0n) is 7.37. The van der Waals surface area contributed by atoms with Gasteiger partial charge in [0.2, 0.25) is 0 Å². The van der Waals surface area contributed by atoms with Crippen LogP contribution in [0.25, 0.3) is 0 Å². The molecule has 2 rings (SSSR count). The number of aromatic nitrogens is 2. The van der Waals surface area contributed by atoms with Crippen LogP contribution in [0.3, 0.4) is 0 Å². The minimum Gasteiger partial charge on any atom is -0.320 e. The standard InChI is InChI=1S/C9H12N2O/c1-9(2)4-3-8-10-5-7(6-12)11(8)9/h5-6H,3-4H2,1-2H3. The summed E-state index contributed by atoms with van der Waals surface area (Å²) in [5.74, 6) is 1.04. The molecule has 3 heteroatoms. The second kappa shape index (κ2) is 2.19. The fourth-order valence-electron chi connectivity index (χ4n) is 1.89. The number of aryl methyl sites for hydroxylation is 1. The quantitative estimate of drug-likeness (QED) is 0.588. The van der Waals surface area contributed by atoms with Gasteiger partial charge < -0.3 is 4.57 Å². The smallest absolute Gasteiger partial charge is 0.168 e. The molecule has 0 N–H and O–H groups in total. The first kappa shape index (κ1) is 7.53. The van der Waals surface area contributed by atoms with E-state index in [1.165, 1.54) is 0 Å². The normalized spacial score (nSPS) is 19.2. The summed E-state index contributed by atoms with van der Waals surface area (Å²) in [6, 6.07) is 0. The number of carbonyl (C=O) groups excluding carboxylic acids is 1. The van der Waals surface area contributed by atoms with Crippen LogP contribution in [0, 0.1) is 0 Å². The number of imidazole rings is 1. The zero-order chi connectivity index (χ0) is 8.77. The molecule has 0 saturated heterocycles. The van der Waals surface area contributed by atoms with Gasteiger partial charge in [-0.15, -0.1) is 0 Å². The number of fused-ring (bicyclic) bond motifs is 1. The molecule has 3 nitrogen and oxygen atoms in total. The monoisotopic (exact) mass is 164 g/mol. The van der Waals surface area contributed by atoms with Crippen LogP contribution in [0.1, 0.15) is 36.6 Å². The average Bonchev–Trinajstić information content (AvgIpc) is 2.53. The van der Waals surface area contributed by atoms with E-state index in [0.29, 0.717) is 5.69 Å². The van der Waals surface area contributed by atoms with Gasteiger partial charge in [-0.25, -0.2) is 4.98 Å². The second-order valence-corrected chi connectivity index (χ2v) is 3.86. The van der Waals surface area contributed by atoms with Gasteiger partial charge in [0.25, 0.3) is 0 Å². The molecule has 2 heterocycles. The molecule has 0 atom stereocenters. The SMILES string of the molecule is CC1(C)CCc2ncc(C=O)n21. The summed E-state index contributed by atoms with van der Waals surface area (Å²) in [7, 11) is 0. The minimum atomic E-state index is 0.0715. The van der Waals surface area contributed by atoms with Gasteiger partial charge in [0, 0.05) is 12.0 Å². The fourth-order valence-corrected chi connectivity index (χ4v) is 1.89. The summed E-state index contributed by atoms with van der Waals surface area (Å²) in [5, 5.41) is 0. The van der Waals surface area contributed by atoms with Gasteiger partial charge in [0.05, 0.1) is 6.20 Å². The highest BCUT2D eigenvalue weighted by Crippen LogP contribution is 2.31. The highest BCUT2D eigenvalue weighted by molar-refractivity contribution is 5.72. The molecule has 1 aliphatic rings. The van der Waals surface area contributed by atoms with E-state index >= 15 is 0 Å². The average molecular weight is 164 g/mol. The number of nitrogens with zero attached hydrogens (tertiary/aromatic N) is 2. The molecule has 0 aromatic carbocycles. The molecule has 0 radical (unpaired) electrons. The van der Waals surface area contributed by atoms with Gasteiger partial charge in [-0.05, 0) is 20.3 Å². The van der Waals surface area contributed by atoms with Gasteiger partial charge in [-0.3, -0.25) is 4.79 Å². The van der Waals surface area contributed by atoms with Crippen LogP contribution in [-0.4, -0.2) is 15.8 Å². The first-order chi connectivity index (χ1) is 5.65. The van der Waals surface area contributed by atoms with Crippen molar-refractivity contribution in [2.45, 2.75) is 32.2 Å². The van der Waals surface area contributed by atoms with Crippen molar-refractivity contribution in [3.8, 4) is 0 Å². The molecular weight excluding hydrogens is 152 g/mol. The molecule has 64 valence electrons. The van der Waals surface area contributed by atoms with Crippen molar-refractivity contribution in [2.24, 2.45) is 0 Å². The van der Waals surface area contributed by atoms with E-state index in [1.807, 2.05) is 4.57 Å². The van der Waals surface area contributed by atoms with Crippen molar-refractivity contribution in [1.29, 1.82) is 0 Å². The van der Waals surface area contributed by atoms with Gasteiger partial charge in [-0.1, -0.05) is 0 Å². The zero-order valence-corrected chi connectivity index (χ0v) is 7.37. The molecule has 12 heavy (non-hydrogen) atoms. The van der Waals surface area contributed by atoms with E-state index in [0.717, 1.165) is 25.0 Å². The molecule has 1 aromatic heterocycles. The Bertz CT molecular complexity index is 325. The van der Waals surface area contributed by atoms with Gasteiger partial charge in [0.15, 0.2) is 6.29 Å². The lowest BCUT2D eigenvalue weighted by molar-refractivity contribution is 0.111. The molecule has 0 bridgehead atoms. The van der Waals surface area contributed by atoms with Crippen LogP contribution in [-0.2, 0) is 12.0 Å². The Labute approximate surface area is 71.4 Å². The molecule has 0 saturated carbocycles. The Morgan fingerprint density at radius 3 is 3.08 bits per heavy atom. The summed E-state index contributed by atoms with van der Waals surface area (Å²) in [6.45, 7) is 4.27. The van der Waals surface area contributed by atoms with Gasteiger partial charge >= 0.3 is 0 Å². The van der Waals surface area contributed by atoms with Crippen molar-refractivity contribution in [3.63, 3.8) is 0 Å². The van der Waals surface area contributed by atoms with Crippen molar-refractivity contribution in [2.75, 3.05) is 0 Å². The summed E-state index contributed by atoms with van der Waals surface area (Å²) >= 11 is 0. The largest absolute Gasteiger partial charge is 0.320 e. The van der Waals surface area contributed by atoms with Gasteiger partial charge in [-0.2, -0.15) is 0 Å². The maximum atomic E-state index is 10.7. The van der Waals surface area contributed by atoms with E-state index in [2.05, 4.69) is 18.8 Å². The third-order valence-electron chi connectivity index (χ3n) is 2.55. The summed E-state index contributed by atoms with van der Waals surface area (Å²) in [4.78, 5) is 14.8. The maximum absolute atomic E-state index is 10.7. The summed E-state index contributed by atoms with van der Waals surface area (Å²) in [5.41, 5.74) is 0.773. The first-order valence-electron chi connectivity index (χ1n) is 4.17. The fraction of sp³-hybridized carbons (Fsp3) is 0.556. The topological polar surface area (TPSA) is 34.9 Å². The molecule has 0 aliphatic carbocycles. The van der Waals surface area contributed by atoms with Crippen LogP contribution in [0.5, 0.6) is 0 Å². The van der Waals surface area contributed by atoms with E-state index in [4.69, 9.17) is 0 Å². The van der Waals surface area contributed by atoms with Crippen molar-refractivity contribution in [1.82, 2.24) is 9.55 Å². The van der Waals surface area contributed by atoms with Crippen LogP contribution < -0.4 is 0 Å². The number of hydrogen-bond donors (Lipinski definition) is 0. The second-order valence-electron chi connectivity index (χ2n) is 3.86. The number of aldehydes is 1. The van der Waals surface area contributed by atoms with E-state index in [1.54, 1.807) is 6.20 Å². The van der Waals surface area contributed by atoms with E-state index in [9.17, 15) is 4.79 Å². The van der Waals surface area contributed by atoms with Crippen LogP contribution in [0.4, 0.5) is 0 Å². The predicted molar refractivity (Wildman–Crippen MR) is 45.3 cm³/mol. The van der Waals surface area contributed by atoms with Crippen LogP contribution >= 0.6 is 0 Å². The molecule has 1 aliphatic heterocycles. The lowest BCUT2D eigenvalue weighted by atomic mass is 10.0. The number of carbonyl (C=O) groups is 1. The third-order valence-corrected chi connectivity index (χ3v) is 2.55. The minimum absolute atomic E-state index is 0.0715. The van der Waals surface area contributed by atoms with Crippen LogP contribution in [0.15, 0.2) is 6.20 Å². The van der Waals surface area contributed by atoms with Crippen molar-refractivity contribution in [3.05, 3.63) is 17.7 Å². The molecule has 0 unspecified atom stereocenters. The molecule has 0 spiro atoms. The number of hydrogen-bond acceptors (Lipinski definition) is 2. The third kappa shape index (κ3) is 0.823. The van der Waals surface area contributed by atoms with E-state index < -0.39 is 0 Å². The molecule has 0 amide bonds. The highest BCUT2D eigenvalue weighted by Gasteiger charge is 2.31. The van der Waals surface area contributed by atoms with Crippen LogP contribution in [0.2, 0.25) is 0 Å². The molecule has 0 fully saturated rings.